The van der Waals surface area contributed by atoms with Crippen LogP contribution in [0.15, 0.2) is 45.4 Å². The first-order valence-corrected chi connectivity index (χ1v) is 6.95. The molecule has 6 nitrogen and oxygen atoms in total. The third kappa shape index (κ3) is 2.46. The molecule has 0 bridgehead atoms. The fourth-order valence-electron chi connectivity index (χ4n) is 1.92. The van der Waals surface area contributed by atoms with Crippen molar-refractivity contribution in [3.8, 4) is 45.8 Å². The van der Waals surface area contributed by atoms with Gasteiger partial charge in [0.05, 0.1) is 11.8 Å². The molecule has 0 atom stereocenters. The number of oxazole rings is 1. The highest BCUT2D eigenvalue weighted by atomic mass is 79.9. The highest BCUT2D eigenvalue weighted by molar-refractivity contribution is 9.10. The summed E-state index contributed by atoms with van der Waals surface area (Å²) in [7, 11) is 0. The summed E-state index contributed by atoms with van der Waals surface area (Å²) in [6.45, 7) is 0. The number of phenols is 4. The maximum atomic E-state index is 9.58. The van der Waals surface area contributed by atoms with Gasteiger partial charge in [0.2, 0.25) is 5.89 Å². The van der Waals surface area contributed by atoms with E-state index in [1.54, 1.807) is 6.07 Å². The molecule has 0 radical (unpaired) electrons. The highest BCUT2D eigenvalue weighted by Crippen LogP contribution is 2.38. The van der Waals surface area contributed by atoms with Crippen molar-refractivity contribution in [1.29, 1.82) is 0 Å². The minimum Gasteiger partial charge on any atom is -0.504 e. The third-order valence-corrected chi connectivity index (χ3v) is 3.72. The summed E-state index contributed by atoms with van der Waals surface area (Å²) in [6.07, 6.45) is 1.46. The summed E-state index contributed by atoms with van der Waals surface area (Å²) in [6, 6.07) is 6.92. The van der Waals surface area contributed by atoms with Crippen LogP contribution in [0.4, 0.5) is 0 Å². The zero-order chi connectivity index (χ0) is 15.9. The van der Waals surface area contributed by atoms with Gasteiger partial charge in [-0.25, -0.2) is 4.98 Å². The number of rotatable bonds is 2. The largest absolute Gasteiger partial charge is 0.504 e. The normalized spacial score (nSPS) is 10.8. The molecule has 1 aromatic heterocycles. The van der Waals surface area contributed by atoms with Crippen LogP contribution >= 0.6 is 15.9 Å². The smallest absolute Gasteiger partial charge is 0.228 e. The average molecular weight is 364 g/mol. The molecule has 0 amide bonds. The Hall–Kier alpha value is -2.67. The molecule has 3 aromatic rings. The Labute approximate surface area is 133 Å². The van der Waals surface area contributed by atoms with Crippen LogP contribution in [0.3, 0.4) is 0 Å². The minimum absolute atomic E-state index is 0.227. The van der Waals surface area contributed by atoms with E-state index >= 15 is 0 Å². The molecule has 0 aliphatic rings. The summed E-state index contributed by atoms with van der Waals surface area (Å²) in [4.78, 5) is 4.11. The summed E-state index contributed by atoms with van der Waals surface area (Å²) in [5.74, 6) is -0.436. The van der Waals surface area contributed by atoms with Gasteiger partial charge in [0.15, 0.2) is 28.8 Å². The van der Waals surface area contributed by atoms with E-state index in [0.29, 0.717) is 21.4 Å². The lowest BCUT2D eigenvalue weighted by atomic mass is 10.1. The molecule has 0 unspecified atom stereocenters. The predicted molar refractivity (Wildman–Crippen MR) is 81.7 cm³/mol. The standard InChI is InChI=1S/C15H10BrNO5/c16-9-5-13(21)12(20)4-8(9)15-17-6-14(22-15)7-1-2-10(18)11(19)3-7/h1-6,18-21H. The summed E-state index contributed by atoms with van der Waals surface area (Å²) in [5, 5.41) is 37.8. The third-order valence-electron chi connectivity index (χ3n) is 3.06. The maximum absolute atomic E-state index is 9.58. The van der Waals surface area contributed by atoms with E-state index in [2.05, 4.69) is 20.9 Å². The first-order valence-electron chi connectivity index (χ1n) is 6.15. The van der Waals surface area contributed by atoms with E-state index in [1.165, 1.54) is 30.5 Å². The second-order valence-electron chi connectivity index (χ2n) is 4.55. The van der Waals surface area contributed by atoms with Crippen molar-refractivity contribution in [3.05, 3.63) is 41.0 Å². The molecule has 7 heteroatoms. The van der Waals surface area contributed by atoms with Gasteiger partial charge in [-0.05, 0) is 46.3 Å². The molecule has 0 fully saturated rings. The zero-order valence-corrected chi connectivity index (χ0v) is 12.6. The Morgan fingerprint density at radius 3 is 2.27 bits per heavy atom. The Kier molecular flexibility index (Phi) is 3.42. The number of hydrogen-bond acceptors (Lipinski definition) is 6. The van der Waals surface area contributed by atoms with Gasteiger partial charge in [-0.3, -0.25) is 0 Å². The van der Waals surface area contributed by atoms with Crippen molar-refractivity contribution in [3.63, 3.8) is 0 Å². The van der Waals surface area contributed by atoms with Gasteiger partial charge < -0.3 is 24.8 Å². The van der Waals surface area contributed by atoms with Crippen molar-refractivity contribution in [2.45, 2.75) is 0 Å². The number of hydrogen-bond donors (Lipinski definition) is 4. The van der Waals surface area contributed by atoms with Crippen molar-refractivity contribution in [2.75, 3.05) is 0 Å². The lowest BCUT2D eigenvalue weighted by molar-refractivity contribution is 0.403. The second-order valence-corrected chi connectivity index (χ2v) is 5.41. The molecular formula is C15H10BrNO5. The number of benzene rings is 2. The number of nitrogens with zero attached hydrogens (tertiary/aromatic N) is 1. The first kappa shape index (κ1) is 14.3. The first-order chi connectivity index (χ1) is 10.5. The second kappa shape index (κ2) is 5.27. The van der Waals surface area contributed by atoms with E-state index in [0.717, 1.165) is 0 Å². The van der Waals surface area contributed by atoms with E-state index in [9.17, 15) is 20.4 Å². The van der Waals surface area contributed by atoms with E-state index in [1.807, 2.05) is 0 Å². The summed E-state index contributed by atoms with van der Waals surface area (Å²) < 4.78 is 6.10. The summed E-state index contributed by atoms with van der Waals surface area (Å²) >= 11 is 3.26. The number of halogens is 1. The van der Waals surface area contributed by atoms with Crippen LogP contribution in [-0.2, 0) is 0 Å². The molecule has 0 saturated heterocycles. The van der Waals surface area contributed by atoms with Gasteiger partial charge in [-0.15, -0.1) is 0 Å². The van der Waals surface area contributed by atoms with E-state index in [-0.39, 0.29) is 28.9 Å². The summed E-state index contributed by atoms with van der Waals surface area (Å²) in [5.41, 5.74) is 0.998. The van der Waals surface area contributed by atoms with E-state index in [4.69, 9.17) is 4.42 Å². The van der Waals surface area contributed by atoms with Crippen LogP contribution in [0.1, 0.15) is 0 Å². The van der Waals surface area contributed by atoms with Crippen molar-refractivity contribution < 1.29 is 24.8 Å². The molecule has 1 heterocycles. The van der Waals surface area contributed by atoms with Gasteiger partial charge in [-0.2, -0.15) is 0 Å². The molecule has 112 valence electrons. The van der Waals surface area contributed by atoms with Gasteiger partial charge in [0.1, 0.15) is 0 Å². The minimum atomic E-state index is -0.291. The maximum Gasteiger partial charge on any atom is 0.228 e. The quantitative estimate of drug-likeness (QED) is 0.518. The molecular weight excluding hydrogens is 354 g/mol. The molecule has 4 N–H and O–H groups in total. The fourth-order valence-corrected chi connectivity index (χ4v) is 2.42. The Morgan fingerprint density at radius 2 is 1.55 bits per heavy atom. The molecule has 0 aliphatic carbocycles. The van der Waals surface area contributed by atoms with Crippen LogP contribution in [-0.4, -0.2) is 25.4 Å². The fraction of sp³-hybridized carbons (Fsp3) is 0. The Bertz CT molecular complexity index is 859. The number of phenolic OH excluding ortho intramolecular Hbond substituents is 4. The van der Waals surface area contributed by atoms with Gasteiger partial charge in [0, 0.05) is 10.0 Å². The van der Waals surface area contributed by atoms with Crippen molar-refractivity contribution in [1.82, 2.24) is 4.98 Å². The van der Waals surface area contributed by atoms with Gasteiger partial charge >= 0.3 is 0 Å². The average Bonchev–Trinajstić information content (AvgIpc) is 2.95. The number of aromatic hydroxyl groups is 4. The highest BCUT2D eigenvalue weighted by Gasteiger charge is 2.15. The van der Waals surface area contributed by atoms with Crippen LogP contribution in [0.2, 0.25) is 0 Å². The van der Waals surface area contributed by atoms with Crippen LogP contribution < -0.4 is 0 Å². The molecule has 2 aromatic carbocycles. The SMILES string of the molecule is Oc1ccc(-c2cnc(-c3cc(O)c(O)cc3Br)o2)cc1O. The van der Waals surface area contributed by atoms with Gasteiger partial charge in [0.25, 0.3) is 0 Å². The van der Waals surface area contributed by atoms with E-state index < -0.39 is 0 Å². The predicted octanol–water partition coefficient (Wildman–Crippen LogP) is 3.59. The van der Waals surface area contributed by atoms with Crippen LogP contribution in [0.5, 0.6) is 23.0 Å². The monoisotopic (exact) mass is 363 g/mol. The van der Waals surface area contributed by atoms with Crippen molar-refractivity contribution in [2.24, 2.45) is 0 Å². The number of aromatic nitrogens is 1. The Balaban J connectivity index is 2.04. The van der Waals surface area contributed by atoms with Crippen LogP contribution in [0.25, 0.3) is 22.8 Å². The molecule has 3 rings (SSSR count). The van der Waals surface area contributed by atoms with Gasteiger partial charge in [-0.1, -0.05) is 0 Å². The molecule has 0 spiro atoms. The topological polar surface area (TPSA) is 107 Å². The Morgan fingerprint density at radius 1 is 0.864 bits per heavy atom. The molecule has 0 aliphatic heterocycles. The lowest BCUT2D eigenvalue weighted by Crippen LogP contribution is -1.80. The van der Waals surface area contributed by atoms with Crippen LogP contribution in [0, 0.1) is 0 Å². The molecule has 0 saturated carbocycles. The molecule has 22 heavy (non-hydrogen) atoms. The zero-order valence-electron chi connectivity index (χ0n) is 11.0. The lowest BCUT2D eigenvalue weighted by Gasteiger charge is -2.03. The van der Waals surface area contributed by atoms with Crippen molar-refractivity contribution >= 4 is 15.9 Å².